The van der Waals surface area contributed by atoms with Crippen LogP contribution in [0.1, 0.15) is 51.9 Å². The molecule has 0 aromatic heterocycles. The summed E-state index contributed by atoms with van der Waals surface area (Å²) in [7, 11) is 0. The Labute approximate surface area is 105 Å². The third kappa shape index (κ3) is 4.30. The van der Waals surface area contributed by atoms with E-state index in [-0.39, 0.29) is 5.91 Å². The van der Waals surface area contributed by atoms with Gasteiger partial charge in [0.1, 0.15) is 0 Å². The predicted octanol–water partition coefficient (Wildman–Crippen LogP) is 2.07. The Morgan fingerprint density at radius 3 is 2.59 bits per heavy atom. The van der Waals surface area contributed by atoms with E-state index >= 15 is 0 Å². The van der Waals surface area contributed by atoms with E-state index in [0.29, 0.717) is 12.6 Å². The first-order valence-corrected chi connectivity index (χ1v) is 7.24. The van der Waals surface area contributed by atoms with Crippen LogP contribution in [0.2, 0.25) is 0 Å². The van der Waals surface area contributed by atoms with Gasteiger partial charge in [-0.2, -0.15) is 0 Å². The molecule has 0 aromatic carbocycles. The fourth-order valence-corrected chi connectivity index (χ4v) is 3.25. The Bertz CT molecular complexity index is 249. The summed E-state index contributed by atoms with van der Waals surface area (Å²) in [6, 6.07) is 0.454. The lowest BCUT2D eigenvalue weighted by Gasteiger charge is -2.14. The molecule has 2 rings (SSSR count). The summed E-state index contributed by atoms with van der Waals surface area (Å²) in [4.78, 5) is 11.7. The van der Waals surface area contributed by atoms with Gasteiger partial charge in [-0.3, -0.25) is 4.79 Å². The third-order valence-corrected chi connectivity index (χ3v) is 4.24. The summed E-state index contributed by atoms with van der Waals surface area (Å²) in [5.41, 5.74) is 0. The highest BCUT2D eigenvalue weighted by Gasteiger charge is 2.21. The minimum Gasteiger partial charge on any atom is -0.352 e. The molecule has 98 valence electrons. The molecule has 2 unspecified atom stereocenters. The SMILES string of the molecule is CC1CCC(CNCC(=O)NC2CCCC2)C1. The topological polar surface area (TPSA) is 41.1 Å². The monoisotopic (exact) mass is 238 g/mol. The van der Waals surface area contributed by atoms with E-state index in [1.54, 1.807) is 0 Å². The van der Waals surface area contributed by atoms with Crippen LogP contribution in [-0.4, -0.2) is 25.0 Å². The fraction of sp³-hybridized carbons (Fsp3) is 0.929. The van der Waals surface area contributed by atoms with Crippen LogP contribution in [-0.2, 0) is 4.79 Å². The van der Waals surface area contributed by atoms with Crippen LogP contribution < -0.4 is 10.6 Å². The molecule has 3 heteroatoms. The maximum atomic E-state index is 11.7. The number of hydrogen-bond acceptors (Lipinski definition) is 2. The van der Waals surface area contributed by atoms with Gasteiger partial charge in [-0.05, 0) is 44.1 Å². The van der Waals surface area contributed by atoms with Crippen molar-refractivity contribution in [2.75, 3.05) is 13.1 Å². The summed E-state index contributed by atoms with van der Waals surface area (Å²) in [6.07, 6.45) is 8.92. The molecule has 0 spiro atoms. The van der Waals surface area contributed by atoms with Gasteiger partial charge in [0.25, 0.3) is 0 Å². The number of nitrogens with one attached hydrogen (secondary N) is 2. The second-order valence-corrected chi connectivity index (χ2v) is 5.96. The summed E-state index contributed by atoms with van der Waals surface area (Å²) in [5, 5.41) is 6.42. The normalized spacial score (nSPS) is 29.7. The van der Waals surface area contributed by atoms with E-state index in [2.05, 4.69) is 17.6 Å². The lowest BCUT2D eigenvalue weighted by atomic mass is 10.1. The molecule has 3 nitrogen and oxygen atoms in total. The van der Waals surface area contributed by atoms with Crippen molar-refractivity contribution in [3.63, 3.8) is 0 Å². The standard InChI is InChI=1S/C14H26N2O/c1-11-6-7-12(8-11)9-15-10-14(17)16-13-4-2-3-5-13/h11-13,15H,2-10H2,1H3,(H,16,17). The smallest absolute Gasteiger partial charge is 0.234 e. The highest BCUT2D eigenvalue weighted by atomic mass is 16.1. The Balaban J connectivity index is 1.53. The van der Waals surface area contributed by atoms with E-state index < -0.39 is 0 Å². The largest absolute Gasteiger partial charge is 0.352 e. The third-order valence-electron chi connectivity index (χ3n) is 4.24. The van der Waals surface area contributed by atoms with E-state index in [0.717, 1.165) is 18.4 Å². The number of carbonyl (C=O) groups is 1. The average molecular weight is 238 g/mol. The lowest BCUT2D eigenvalue weighted by Crippen LogP contribution is -2.40. The zero-order chi connectivity index (χ0) is 12.1. The molecule has 17 heavy (non-hydrogen) atoms. The highest BCUT2D eigenvalue weighted by molar-refractivity contribution is 5.78. The van der Waals surface area contributed by atoms with Crippen LogP contribution in [0.15, 0.2) is 0 Å². The summed E-state index contributed by atoms with van der Waals surface area (Å²) >= 11 is 0. The van der Waals surface area contributed by atoms with Gasteiger partial charge in [-0.25, -0.2) is 0 Å². The maximum absolute atomic E-state index is 11.7. The van der Waals surface area contributed by atoms with Crippen molar-refractivity contribution >= 4 is 5.91 Å². The van der Waals surface area contributed by atoms with E-state index in [1.807, 2.05) is 0 Å². The molecule has 0 aromatic rings. The minimum absolute atomic E-state index is 0.183. The molecule has 0 saturated heterocycles. The summed E-state index contributed by atoms with van der Waals surface area (Å²) in [5.74, 6) is 1.86. The van der Waals surface area contributed by atoms with Crippen molar-refractivity contribution in [1.29, 1.82) is 0 Å². The van der Waals surface area contributed by atoms with Crippen LogP contribution in [0.3, 0.4) is 0 Å². The van der Waals surface area contributed by atoms with Gasteiger partial charge in [0.2, 0.25) is 5.91 Å². The molecule has 2 atom stereocenters. The van der Waals surface area contributed by atoms with Gasteiger partial charge >= 0.3 is 0 Å². The number of amides is 1. The number of hydrogen-bond donors (Lipinski definition) is 2. The molecular weight excluding hydrogens is 212 g/mol. The van der Waals surface area contributed by atoms with Gasteiger partial charge in [0, 0.05) is 6.04 Å². The van der Waals surface area contributed by atoms with Crippen molar-refractivity contribution in [2.45, 2.75) is 57.9 Å². The Morgan fingerprint density at radius 2 is 1.94 bits per heavy atom. The number of rotatable bonds is 5. The van der Waals surface area contributed by atoms with Crippen LogP contribution >= 0.6 is 0 Å². The average Bonchev–Trinajstić information content (AvgIpc) is 2.90. The molecule has 0 heterocycles. The first kappa shape index (κ1) is 12.9. The molecule has 1 amide bonds. The lowest BCUT2D eigenvalue weighted by molar-refractivity contribution is -0.120. The summed E-state index contributed by atoms with van der Waals surface area (Å²) in [6.45, 7) is 3.84. The van der Waals surface area contributed by atoms with Crippen molar-refractivity contribution in [1.82, 2.24) is 10.6 Å². The van der Waals surface area contributed by atoms with Gasteiger partial charge in [0.05, 0.1) is 6.54 Å². The molecular formula is C14H26N2O. The molecule has 2 aliphatic carbocycles. The molecule has 2 saturated carbocycles. The predicted molar refractivity (Wildman–Crippen MR) is 69.8 cm³/mol. The van der Waals surface area contributed by atoms with Crippen molar-refractivity contribution in [2.24, 2.45) is 11.8 Å². The van der Waals surface area contributed by atoms with Crippen molar-refractivity contribution in [3.05, 3.63) is 0 Å². The number of carbonyl (C=O) groups excluding carboxylic acids is 1. The first-order valence-electron chi connectivity index (χ1n) is 7.24. The molecule has 0 bridgehead atoms. The first-order chi connectivity index (χ1) is 8.24. The van der Waals surface area contributed by atoms with Crippen LogP contribution in [0.4, 0.5) is 0 Å². The van der Waals surface area contributed by atoms with Crippen LogP contribution in [0.25, 0.3) is 0 Å². The minimum atomic E-state index is 0.183. The van der Waals surface area contributed by atoms with E-state index in [9.17, 15) is 4.79 Å². The Kier molecular flexibility index (Phi) is 4.84. The maximum Gasteiger partial charge on any atom is 0.234 e. The zero-order valence-electron chi connectivity index (χ0n) is 11.0. The molecule has 0 radical (unpaired) electrons. The Hall–Kier alpha value is -0.570. The van der Waals surface area contributed by atoms with Gasteiger partial charge < -0.3 is 10.6 Å². The van der Waals surface area contributed by atoms with Gasteiger partial charge in [-0.1, -0.05) is 26.2 Å². The van der Waals surface area contributed by atoms with Crippen LogP contribution in [0, 0.1) is 11.8 Å². The van der Waals surface area contributed by atoms with Gasteiger partial charge in [-0.15, -0.1) is 0 Å². The second kappa shape index (κ2) is 6.39. The summed E-state index contributed by atoms with van der Waals surface area (Å²) < 4.78 is 0. The van der Waals surface area contributed by atoms with E-state index in [1.165, 1.54) is 44.9 Å². The highest BCUT2D eigenvalue weighted by Crippen LogP contribution is 2.29. The van der Waals surface area contributed by atoms with Crippen LogP contribution in [0.5, 0.6) is 0 Å². The quantitative estimate of drug-likeness (QED) is 0.770. The molecule has 0 aliphatic heterocycles. The second-order valence-electron chi connectivity index (χ2n) is 5.96. The van der Waals surface area contributed by atoms with E-state index in [4.69, 9.17) is 0 Å². The molecule has 2 aliphatic rings. The fourth-order valence-electron chi connectivity index (χ4n) is 3.25. The Morgan fingerprint density at radius 1 is 1.18 bits per heavy atom. The molecule has 2 fully saturated rings. The zero-order valence-corrected chi connectivity index (χ0v) is 11.0. The molecule has 2 N–H and O–H groups in total. The van der Waals surface area contributed by atoms with Crippen molar-refractivity contribution in [3.8, 4) is 0 Å². The van der Waals surface area contributed by atoms with Crippen molar-refractivity contribution < 1.29 is 4.79 Å². The van der Waals surface area contributed by atoms with Gasteiger partial charge in [0.15, 0.2) is 0 Å².